The molecular formula is C11H22N2O2. The lowest BCUT2D eigenvalue weighted by Crippen LogP contribution is -2.35. The van der Waals surface area contributed by atoms with Gasteiger partial charge in [0.1, 0.15) is 0 Å². The molecule has 88 valence electrons. The number of rotatable bonds is 8. The molecular weight excluding hydrogens is 192 g/mol. The largest absolute Gasteiger partial charge is 0.478 e. The zero-order chi connectivity index (χ0) is 11.8. The molecule has 0 saturated heterocycles. The fraction of sp³-hybridized carbons (Fsp3) is 0.727. The molecule has 0 fully saturated rings. The van der Waals surface area contributed by atoms with Crippen LogP contribution in [-0.2, 0) is 4.79 Å². The maximum Gasteiger partial charge on any atom is 0.332 e. The van der Waals surface area contributed by atoms with Crippen molar-refractivity contribution in [2.45, 2.75) is 26.3 Å². The first-order chi connectivity index (χ1) is 6.99. The Kier molecular flexibility index (Phi) is 6.99. The monoisotopic (exact) mass is 214 g/mol. The topological polar surface area (TPSA) is 52.6 Å². The van der Waals surface area contributed by atoms with Crippen LogP contribution in [0.2, 0.25) is 0 Å². The number of nitrogens with one attached hydrogen (secondary N) is 1. The summed E-state index contributed by atoms with van der Waals surface area (Å²) in [6.07, 6.45) is 1.12. The summed E-state index contributed by atoms with van der Waals surface area (Å²) >= 11 is 0. The van der Waals surface area contributed by atoms with E-state index in [1.54, 1.807) is 0 Å². The van der Waals surface area contributed by atoms with Crippen LogP contribution in [0.4, 0.5) is 0 Å². The van der Waals surface area contributed by atoms with Crippen molar-refractivity contribution < 1.29 is 9.90 Å². The van der Waals surface area contributed by atoms with Gasteiger partial charge in [0.2, 0.25) is 0 Å². The van der Waals surface area contributed by atoms with Gasteiger partial charge in [-0.15, -0.1) is 0 Å². The minimum Gasteiger partial charge on any atom is -0.478 e. The minimum absolute atomic E-state index is 0.209. The van der Waals surface area contributed by atoms with E-state index in [0.717, 1.165) is 19.5 Å². The summed E-state index contributed by atoms with van der Waals surface area (Å²) in [5.74, 6) is -0.933. The molecule has 4 nitrogen and oxygen atoms in total. The lowest BCUT2D eigenvalue weighted by Gasteiger charge is -2.23. The Labute approximate surface area is 92.0 Å². The number of carboxylic acids is 1. The smallest absolute Gasteiger partial charge is 0.332 e. The van der Waals surface area contributed by atoms with Crippen molar-refractivity contribution in [3.63, 3.8) is 0 Å². The molecule has 0 aliphatic heterocycles. The lowest BCUT2D eigenvalue weighted by molar-refractivity contribution is -0.132. The number of hydrogen-bond acceptors (Lipinski definition) is 3. The van der Waals surface area contributed by atoms with Gasteiger partial charge in [0.05, 0.1) is 0 Å². The Bertz CT molecular complexity index is 217. The fourth-order valence-corrected chi connectivity index (χ4v) is 1.10. The Morgan fingerprint density at radius 1 is 1.60 bits per heavy atom. The van der Waals surface area contributed by atoms with Gasteiger partial charge in [-0.2, -0.15) is 0 Å². The van der Waals surface area contributed by atoms with Crippen LogP contribution in [-0.4, -0.2) is 48.7 Å². The van der Waals surface area contributed by atoms with E-state index in [9.17, 15) is 4.79 Å². The molecule has 2 N–H and O–H groups in total. The van der Waals surface area contributed by atoms with Crippen molar-refractivity contribution in [1.82, 2.24) is 10.2 Å². The third-order valence-corrected chi connectivity index (χ3v) is 2.63. The average Bonchev–Trinajstić information content (AvgIpc) is 2.22. The Balaban J connectivity index is 3.54. The molecule has 0 spiro atoms. The van der Waals surface area contributed by atoms with Gasteiger partial charge in [0.15, 0.2) is 0 Å². The molecule has 0 heterocycles. The van der Waals surface area contributed by atoms with E-state index in [1.807, 2.05) is 0 Å². The number of carbonyl (C=O) groups is 1. The molecule has 4 heteroatoms. The van der Waals surface area contributed by atoms with E-state index in [0.29, 0.717) is 12.6 Å². The molecule has 0 bridgehead atoms. The van der Waals surface area contributed by atoms with Gasteiger partial charge in [-0.1, -0.05) is 13.5 Å². The maximum absolute atomic E-state index is 10.4. The molecule has 0 aromatic heterocycles. The molecule has 1 unspecified atom stereocenters. The Morgan fingerprint density at radius 2 is 2.20 bits per heavy atom. The van der Waals surface area contributed by atoms with Crippen LogP contribution in [0.15, 0.2) is 12.2 Å². The second-order valence-corrected chi connectivity index (χ2v) is 3.82. The van der Waals surface area contributed by atoms with E-state index in [4.69, 9.17) is 5.11 Å². The summed E-state index contributed by atoms with van der Waals surface area (Å²) in [6, 6.07) is 0.564. The highest BCUT2D eigenvalue weighted by Crippen LogP contribution is 1.98. The molecule has 0 aliphatic rings. The molecule has 0 amide bonds. The molecule has 0 saturated carbocycles. The fourth-order valence-electron chi connectivity index (χ4n) is 1.10. The van der Waals surface area contributed by atoms with Crippen molar-refractivity contribution in [3.05, 3.63) is 12.2 Å². The van der Waals surface area contributed by atoms with Crippen LogP contribution >= 0.6 is 0 Å². The first kappa shape index (κ1) is 14.1. The molecule has 0 aliphatic carbocycles. The summed E-state index contributed by atoms with van der Waals surface area (Å²) in [5, 5.41) is 11.6. The molecule has 0 radical (unpaired) electrons. The number of likely N-dealkylation sites (N-methyl/N-ethyl adjacent to an activating group) is 1. The van der Waals surface area contributed by atoms with E-state index >= 15 is 0 Å². The van der Waals surface area contributed by atoms with Gasteiger partial charge in [0.25, 0.3) is 0 Å². The average molecular weight is 214 g/mol. The third-order valence-electron chi connectivity index (χ3n) is 2.63. The molecule has 1 atom stereocenters. The Morgan fingerprint density at radius 3 is 2.67 bits per heavy atom. The zero-order valence-electron chi connectivity index (χ0n) is 9.92. The van der Waals surface area contributed by atoms with E-state index in [2.05, 4.69) is 37.7 Å². The number of aliphatic carboxylic acids is 1. The number of nitrogens with zero attached hydrogens (tertiary/aromatic N) is 1. The summed E-state index contributed by atoms with van der Waals surface area (Å²) in [6.45, 7) is 9.83. The second-order valence-electron chi connectivity index (χ2n) is 3.82. The van der Waals surface area contributed by atoms with E-state index < -0.39 is 5.97 Å². The molecule has 0 rings (SSSR count). The van der Waals surface area contributed by atoms with Crippen molar-refractivity contribution >= 4 is 5.97 Å². The van der Waals surface area contributed by atoms with Crippen LogP contribution < -0.4 is 5.32 Å². The van der Waals surface area contributed by atoms with Crippen LogP contribution in [0, 0.1) is 0 Å². The van der Waals surface area contributed by atoms with Gasteiger partial charge in [0, 0.05) is 31.2 Å². The second kappa shape index (κ2) is 7.43. The van der Waals surface area contributed by atoms with E-state index in [1.165, 1.54) is 0 Å². The van der Waals surface area contributed by atoms with Gasteiger partial charge < -0.3 is 15.3 Å². The standard InChI is InChI=1S/C11H22N2O2/c1-5-10(3)13(4)7-6-12-8-9(2)11(14)15/h10,12H,2,5-8H2,1,3-4H3,(H,14,15). The van der Waals surface area contributed by atoms with Crippen LogP contribution in [0.25, 0.3) is 0 Å². The summed E-state index contributed by atoms with van der Waals surface area (Å²) < 4.78 is 0. The minimum atomic E-state index is -0.933. The first-order valence-corrected chi connectivity index (χ1v) is 5.31. The predicted molar refractivity (Wildman–Crippen MR) is 62.0 cm³/mol. The van der Waals surface area contributed by atoms with Crippen molar-refractivity contribution in [1.29, 1.82) is 0 Å². The maximum atomic E-state index is 10.4. The van der Waals surface area contributed by atoms with Gasteiger partial charge in [-0.25, -0.2) is 4.79 Å². The number of hydrogen-bond donors (Lipinski definition) is 2. The SMILES string of the molecule is C=C(CNCCN(C)C(C)CC)C(=O)O. The van der Waals surface area contributed by atoms with Crippen LogP contribution in [0.3, 0.4) is 0 Å². The summed E-state index contributed by atoms with van der Waals surface area (Å²) in [7, 11) is 2.07. The van der Waals surface area contributed by atoms with Crippen molar-refractivity contribution in [3.8, 4) is 0 Å². The van der Waals surface area contributed by atoms with Gasteiger partial charge >= 0.3 is 5.97 Å². The number of carboxylic acid groups (broad SMARTS) is 1. The highest BCUT2D eigenvalue weighted by molar-refractivity contribution is 5.86. The van der Waals surface area contributed by atoms with Crippen LogP contribution in [0.1, 0.15) is 20.3 Å². The third kappa shape index (κ3) is 6.25. The normalized spacial score (nSPS) is 12.8. The summed E-state index contributed by atoms with van der Waals surface area (Å²) in [5.41, 5.74) is 0.209. The summed E-state index contributed by atoms with van der Waals surface area (Å²) in [4.78, 5) is 12.7. The van der Waals surface area contributed by atoms with Crippen molar-refractivity contribution in [2.24, 2.45) is 0 Å². The molecule has 0 aromatic carbocycles. The first-order valence-electron chi connectivity index (χ1n) is 5.31. The van der Waals surface area contributed by atoms with Crippen LogP contribution in [0.5, 0.6) is 0 Å². The van der Waals surface area contributed by atoms with Crippen molar-refractivity contribution in [2.75, 3.05) is 26.7 Å². The predicted octanol–water partition coefficient (Wildman–Crippen LogP) is 0.947. The highest BCUT2D eigenvalue weighted by atomic mass is 16.4. The highest BCUT2D eigenvalue weighted by Gasteiger charge is 2.06. The molecule has 15 heavy (non-hydrogen) atoms. The lowest BCUT2D eigenvalue weighted by atomic mass is 10.2. The Hall–Kier alpha value is -0.870. The van der Waals surface area contributed by atoms with Gasteiger partial charge in [-0.05, 0) is 20.4 Å². The zero-order valence-corrected chi connectivity index (χ0v) is 9.92. The molecule has 0 aromatic rings. The van der Waals surface area contributed by atoms with E-state index in [-0.39, 0.29) is 5.57 Å². The van der Waals surface area contributed by atoms with Gasteiger partial charge in [-0.3, -0.25) is 0 Å². The quantitative estimate of drug-likeness (QED) is 0.466.